The van der Waals surface area contributed by atoms with Crippen LogP contribution in [-0.4, -0.2) is 24.2 Å². The lowest BCUT2D eigenvalue weighted by Crippen LogP contribution is -2.02. The molecule has 0 saturated carbocycles. The molecule has 0 aromatic heterocycles. The van der Waals surface area contributed by atoms with Gasteiger partial charge in [0.2, 0.25) is 0 Å². The molecule has 0 heterocycles. The third-order valence-electron chi connectivity index (χ3n) is 3.94. The zero-order valence-electron chi connectivity index (χ0n) is 15.7. The second-order valence-electron chi connectivity index (χ2n) is 6.33. The predicted molar refractivity (Wildman–Crippen MR) is 103 cm³/mol. The maximum atomic E-state index is 10.7. The van der Waals surface area contributed by atoms with E-state index in [1.54, 1.807) is 0 Å². The van der Waals surface area contributed by atoms with Crippen LogP contribution >= 0.6 is 0 Å². The van der Waals surface area contributed by atoms with E-state index in [1.807, 2.05) is 30.3 Å². The molecule has 4 nitrogen and oxygen atoms in total. The summed E-state index contributed by atoms with van der Waals surface area (Å²) in [6.45, 7) is 7.02. The molecule has 1 rings (SSSR count). The number of rotatable bonds is 11. The number of hydrogen-bond donors (Lipinski definition) is 2. The molecule has 0 bridgehead atoms. The Hall–Kier alpha value is -2.07. The van der Waals surface area contributed by atoms with E-state index in [2.05, 4.69) is 25.2 Å². The molecular weight excluding hydrogens is 314 g/mol. The summed E-state index contributed by atoms with van der Waals surface area (Å²) in [5.41, 5.74) is 4.63. The third-order valence-corrected chi connectivity index (χ3v) is 3.94. The van der Waals surface area contributed by atoms with Crippen molar-refractivity contribution in [3.8, 4) is 0 Å². The molecule has 0 atom stereocenters. The molecule has 0 fully saturated rings. The number of benzene rings is 1. The lowest BCUT2D eigenvalue weighted by molar-refractivity contribution is -0.139. The monoisotopic (exact) mass is 345 g/mol. The standard InChI is InChI=1S/C21H31NO3/c1-17(7-4-8-18(2)12-14-25-19(3)24)9-6-13-22-21-11-5-10-20(15-21)16-23/h5,7,10-12,15,22-23H,4,6,8-9,13-14,16H2,1-3H3/b17-7+,18-12+. The lowest BCUT2D eigenvalue weighted by atomic mass is 10.1. The SMILES string of the molecule is CC(=O)OC/C=C(\C)CC/C=C(\C)CCCNc1cccc(CO)c1. The Bertz CT molecular complexity index is 591. The van der Waals surface area contributed by atoms with Gasteiger partial charge in [0.1, 0.15) is 6.61 Å². The van der Waals surface area contributed by atoms with Crippen LogP contribution in [-0.2, 0) is 16.1 Å². The molecule has 0 aliphatic carbocycles. The highest BCUT2D eigenvalue weighted by atomic mass is 16.5. The van der Waals surface area contributed by atoms with Gasteiger partial charge in [-0.2, -0.15) is 0 Å². The average molecular weight is 345 g/mol. The van der Waals surface area contributed by atoms with Gasteiger partial charge in [-0.1, -0.05) is 29.4 Å². The van der Waals surface area contributed by atoms with E-state index < -0.39 is 0 Å². The zero-order chi connectivity index (χ0) is 18.5. The van der Waals surface area contributed by atoms with Crippen molar-refractivity contribution in [1.29, 1.82) is 0 Å². The quantitative estimate of drug-likeness (QED) is 0.349. The molecule has 0 saturated heterocycles. The molecule has 25 heavy (non-hydrogen) atoms. The van der Waals surface area contributed by atoms with Crippen molar-refractivity contribution in [3.63, 3.8) is 0 Å². The van der Waals surface area contributed by atoms with Gasteiger partial charge in [0.15, 0.2) is 0 Å². The summed E-state index contributed by atoms with van der Waals surface area (Å²) < 4.78 is 4.90. The van der Waals surface area contributed by atoms with Crippen molar-refractivity contribution in [2.45, 2.75) is 53.1 Å². The number of aliphatic hydroxyl groups excluding tert-OH is 1. The summed E-state index contributed by atoms with van der Waals surface area (Å²) in [5.74, 6) is -0.239. The number of anilines is 1. The summed E-state index contributed by atoms with van der Waals surface area (Å²) in [5, 5.41) is 12.5. The largest absolute Gasteiger partial charge is 0.462 e. The van der Waals surface area contributed by atoms with Crippen molar-refractivity contribution in [2.24, 2.45) is 0 Å². The molecule has 1 aromatic rings. The number of aliphatic hydroxyl groups is 1. The Balaban J connectivity index is 2.19. The van der Waals surface area contributed by atoms with E-state index >= 15 is 0 Å². The Kier molecular flexibility index (Phi) is 10.3. The van der Waals surface area contributed by atoms with Crippen molar-refractivity contribution >= 4 is 11.7 Å². The van der Waals surface area contributed by atoms with Crippen LogP contribution in [0.15, 0.2) is 47.6 Å². The van der Waals surface area contributed by atoms with Crippen LogP contribution in [0.3, 0.4) is 0 Å². The van der Waals surface area contributed by atoms with Gasteiger partial charge in [0.05, 0.1) is 6.61 Å². The number of esters is 1. The van der Waals surface area contributed by atoms with E-state index in [4.69, 9.17) is 9.84 Å². The van der Waals surface area contributed by atoms with Crippen LogP contribution in [0.25, 0.3) is 0 Å². The summed E-state index contributed by atoms with van der Waals surface area (Å²) in [4.78, 5) is 10.7. The number of carbonyl (C=O) groups excluding carboxylic acids is 1. The van der Waals surface area contributed by atoms with E-state index in [9.17, 15) is 4.79 Å². The average Bonchev–Trinajstić information content (AvgIpc) is 2.58. The van der Waals surface area contributed by atoms with Crippen molar-refractivity contribution in [2.75, 3.05) is 18.5 Å². The first-order valence-electron chi connectivity index (χ1n) is 8.89. The highest BCUT2D eigenvalue weighted by Gasteiger charge is 1.96. The fraction of sp³-hybridized carbons (Fsp3) is 0.476. The highest BCUT2D eigenvalue weighted by Crippen LogP contribution is 2.13. The first-order chi connectivity index (χ1) is 12.0. The number of ether oxygens (including phenoxy) is 1. The van der Waals surface area contributed by atoms with Gasteiger partial charge in [-0.15, -0.1) is 0 Å². The minimum Gasteiger partial charge on any atom is -0.462 e. The number of nitrogens with one attached hydrogen (secondary N) is 1. The van der Waals surface area contributed by atoms with Gasteiger partial charge in [-0.05, 0) is 63.3 Å². The third kappa shape index (κ3) is 10.4. The van der Waals surface area contributed by atoms with Crippen LogP contribution in [0.4, 0.5) is 5.69 Å². The van der Waals surface area contributed by atoms with E-state index in [0.717, 1.165) is 43.5 Å². The number of carbonyl (C=O) groups is 1. The van der Waals surface area contributed by atoms with Gasteiger partial charge in [0.25, 0.3) is 0 Å². The molecule has 0 unspecified atom stereocenters. The van der Waals surface area contributed by atoms with Crippen LogP contribution in [0, 0.1) is 0 Å². The normalized spacial score (nSPS) is 12.2. The highest BCUT2D eigenvalue weighted by molar-refractivity contribution is 5.66. The summed E-state index contributed by atoms with van der Waals surface area (Å²) >= 11 is 0. The second-order valence-corrected chi connectivity index (χ2v) is 6.33. The molecule has 1 aromatic carbocycles. The van der Waals surface area contributed by atoms with E-state index in [1.165, 1.54) is 18.1 Å². The molecule has 4 heteroatoms. The van der Waals surface area contributed by atoms with Crippen LogP contribution in [0.1, 0.15) is 52.0 Å². The fourth-order valence-electron chi connectivity index (χ4n) is 2.43. The molecule has 0 spiro atoms. The molecule has 0 amide bonds. The Morgan fingerprint density at radius 3 is 2.64 bits per heavy atom. The molecule has 0 aliphatic rings. The number of allylic oxidation sites excluding steroid dienone is 3. The zero-order valence-corrected chi connectivity index (χ0v) is 15.7. The van der Waals surface area contributed by atoms with Crippen molar-refractivity contribution in [1.82, 2.24) is 0 Å². The van der Waals surface area contributed by atoms with Gasteiger partial charge in [-0.25, -0.2) is 0 Å². The van der Waals surface area contributed by atoms with E-state index in [0.29, 0.717) is 6.61 Å². The minimum atomic E-state index is -0.239. The molecule has 0 aliphatic heterocycles. The predicted octanol–water partition coefficient (Wildman–Crippen LogP) is 4.61. The molecule has 0 radical (unpaired) electrons. The molecule has 2 N–H and O–H groups in total. The summed E-state index contributed by atoms with van der Waals surface area (Å²) in [7, 11) is 0. The van der Waals surface area contributed by atoms with Gasteiger partial charge < -0.3 is 15.2 Å². The molecular formula is C21H31NO3. The van der Waals surface area contributed by atoms with Gasteiger partial charge in [-0.3, -0.25) is 4.79 Å². The molecule has 138 valence electrons. The van der Waals surface area contributed by atoms with Crippen LogP contribution < -0.4 is 5.32 Å². The minimum absolute atomic E-state index is 0.0755. The maximum Gasteiger partial charge on any atom is 0.302 e. The lowest BCUT2D eigenvalue weighted by Gasteiger charge is -2.08. The maximum absolute atomic E-state index is 10.7. The number of hydrogen-bond acceptors (Lipinski definition) is 4. The van der Waals surface area contributed by atoms with Gasteiger partial charge in [0, 0.05) is 19.2 Å². The Morgan fingerprint density at radius 2 is 1.92 bits per heavy atom. The summed E-state index contributed by atoms with van der Waals surface area (Å²) in [6.07, 6.45) is 8.41. The smallest absolute Gasteiger partial charge is 0.302 e. The Labute approximate surface area is 151 Å². The van der Waals surface area contributed by atoms with Gasteiger partial charge >= 0.3 is 5.97 Å². The van der Waals surface area contributed by atoms with E-state index in [-0.39, 0.29) is 12.6 Å². The van der Waals surface area contributed by atoms with Crippen LogP contribution in [0.5, 0.6) is 0 Å². The first-order valence-corrected chi connectivity index (χ1v) is 8.89. The summed E-state index contributed by atoms with van der Waals surface area (Å²) in [6, 6.07) is 7.87. The first kappa shape index (κ1) is 21.0. The van der Waals surface area contributed by atoms with Crippen molar-refractivity contribution in [3.05, 3.63) is 53.1 Å². The fourth-order valence-corrected chi connectivity index (χ4v) is 2.43. The topological polar surface area (TPSA) is 58.6 Å². The second kappa shape index (κ2) is 12.3. The van der Waals surface area contributed by atoms with Crippen molar-refractivity contribution < 1.29 is 14.6 Å². The Morgan fingerprint density at radius 1 is 1.16 bits per heavy atom. The van der Waals surface area contributed by atoms with Crippen LogP contribution in [0.2, 0.25) is 0 Å².